The van der Waals surface area contributed by atoms with Crippen molar-refractivity contribution < 1.29 is 4.39 Å². The Bertz CT molecular complexity index is 202. The summed E-state index contributed by atoms with van der Waals surface area (Å²) in [6, 6.07) is 0. The molecule has 0 saturated carbocycles. The van der Waals surface area contributed by atoms with Crippen LogP contribution in [0, 0.1) is 0 Å². The first-order valence-corrected chi connectivity index (χ1v) is 4.24. The van der Waals surface area contributed by atoms with Crippen LogP contribution >= 0.6 is 0 Å². The zero-order valence-corrected chi connectivity index (χ0v) is 8.10. The lowest BCUT2D eigenvalue weighted by atomic mass is 9.96. The van der Waals surface area contributed by atoms with E-state index in [2.05, 4.69) is 6.58 Å². The normalized spacial score (nSPS) is 15.1. The van der Waals surface area contributed by atoms with Gasteiger partial charge in [-0.3, -0.25) is 0 Å². The van der Waals surface area contributed by atoms with E-state index in [1.54, 1.807) is 6.08 Å². The molecule has 0 fully saturated rings. The summed E-state index contributed by atoms with van der Waals surface area (Å²) in [4.78, 5) is 0. The van der Waals surface area contributed by atoms with E-state index >= 15 is 0 Å². The van der Waals surface area contributed by atoms with Gasteiger partial charge in [0.2, 0.25) is 0 Å². The molecule has 0 aliphatic rings. The summed E-state index contributed by atoms with van der Waals surface area (Å²) in [6.45, 7) is 7.28. The van der Waals surface area contributed by atoms with Crippen LogP contribution in [0.1, 0.15) is 20.3 Å². The number of alkyl halides is 1. The van der Waals surface area contributed by atoms with Gasteiger partial charge >= 0.3 is 0 Å². The molecule has 0 saturated heterocycles. The molecule has 2 heteroatoms. The van der Waals surface area contributed by atoms with Gasteiger partial charge in [-0.2, -0.15) is 0 Å². The van der Waals surface area contributed by atoms with Crippen LogP contribution in [0.25, 0.3) is 0 Å². The largest absolute Gasteiger partial charge is 0.243 e. The molecule has 1 unspecified atom stereocenters. The van der Waals surface area contributed by atoms with E-state index in [-0.39, 0.29) is 0 Å². The van der Waals surface area contributed by atoms with Crippen molar-refractivity contribution in [3.05, 3.63) is 35.9 Å². The first kappa shape index (κ1) is 11.2. The zero-order valence-electron chi connectivity index (χ0n) is 8.10. The average Bonchev–Trinajstić information content (AvgIpc) is 1.97. The lowest BCUT2D eigenvalue weighted by Gasteiger charge is -1.98. The Kier molecular flexibility index (Phi) is 5.43. The lowest BCUT2D eigenvalue weighted by molar-refractivity contribution is 0.429. The monoisotopic (exact) mass is 166 g/mol. The highest BCUT2D eigenvalue weighted by Crippen LogP contribution is 2.06. The van der Waals surface area contributed by atoms with Gasteiger partial charge in [0.05, 0.1) is 0 Å². The molecule has 0 aliphatic heterocycles. The second-order valence-electron chi connectivity index (χ2n) is 2.95. The summed E-state index contributed by atoms with van der Waals surface area (Å²) in [7, 11) is 1.92. The molecule has 0 bridgehead atoms. The van der Waals surface area contributed by atoms with Gasteiger partial charge in [0.1, 0.15) is 14.0 Å². The Morgan fingerprint density at radius 1 is 1.58 bits per heavy atom. The fourth-order valence-electron chi connectivity index (χ4n) is 0.836. The fourth-order valence-corrected chi connectivity index (χ4v) is 0.836. The van der Waals surface area contributed by atoms with Crippen LogP contribution in [0.5, 0.6) is 0 Å². The minimum absolute atomic E-state index is 0.859. The lowest BCUT2D eigenvalue weighted by Crippen LogP contribution is -1.87. The quantitative estimate of drug-likeness (QED) is 0.444. The Hall–Kier alpha value is -0.785. The van der Waals surface area contributed by atoms with Crippen molar-refractivity contribution in [2.75, 3.05) is 0 Å². The highest BCUT2D eigenvalue weighted by atomic mass is 19.1. The molecule has 0 aliphatic carbocycles. The van der Waals surface area contributed by atoms with Crippen molar-refractivity contribution in [1.29, 1.82) is 0 Å². The van der Waals surface area contributed by atoms with E-state index in [1.807, 2.05) is 26.9 Å². The van der Waals surface area contributed by atoms with Gasteiger partial charge in [-0.15, -0.1) is 6.58 Å². The molecule has 0 nitrogen and oxygen atoms in total. The Balaban J connectivity index is 4.27. The van der Waals surface area contributed by atoms with Gasteiger partial charge in [0, 0.05) is 0 Å². The standard InChI is InChI=1S/C10H16BF/c1-4-10(7-9(3)12)6-5-8(2)11/h5-7,9H,2,4,11H2,1,3H3/b6-5-,10-7-. The number of hydrogen-bond acceptors (Lipinski definition) is 0. The van der Waals surface area contributed by atoms with Gasteiger partial charge in [0.15, 0.2) is 0 Å². The van der Waals surface area contributed by atoms with Crippen molar-refractivity contribution in [2.45, 2.75) is 26.4 Å². The highest BCUT2D eigenvalue weighted by Gasteiger charge is 1.93. The molecule has 0 heterocycles. The molecular formula is C10H16BF. The van der Waals surface area contributed by atoms with Crippen LogP contribution in [-0.4, -0.2) is 14.0 Å². The Labute approximate surface area is 75.3 Å². The van der Waals surface area contributed by atoms with Crippen molar-refractivity contribution in [3.63, 3.8) is 0 Å². The first-order chi connectivity index (χ1) is 5.56. The third kappa shape index (κ3) is 5.96. The minimum atomic E-state index is -0.866. The molecule has 0 amide bonds. The van der Waals surface area contributed by atoms with Crippen LogP contribution in [0.4, 0.5) is 4.39 Å². The second kappa shape index (κ2) is 5.81. The van der Waals surface area contributed by atoms with E-state index in [9.17, 15) is 4.39 Å². The number of halogens is 1. The van der Waals surface area contributed by atoms with Crippen LogP contribution in [0.3, 0.4) is 0 Å². The fraction of sp³-hybridized carbons (Fsp3) is 0.400. The average molecular weight is 166 g/mol. The summed E-state index contributed by atoms with van der Waals surface area (Å²) in [6.07, 6.45) is 5.43. The minimum Gasteiger partial charge on any atom is -0.243 e. The van der Waals surface area contributed by atoms with Crippen molar-refractivity contribution in [2.24, 2.45) is 0 Å². The molecular weight excluding hydrogens is 150 g/mol. The summed E-state index contributed by atoms with van der Waals surface area (Å²) in [5.74, 6) is 0. The van der Waals surface area contributed by atoms with Crippen LogP contribution in [-0.2, 0) is 0 Å². The van der Waals surface area contributed by atoms with Crippen molar-refractivity contribution in [1.82, 2.24) is 0 Å². The Morgan fingerprint density at radius 3 is 2.50 bits per heavy atom. The SMILES string of the molecule is BC(=C)/C=C\C(=C/C(C)F)CC. The predicted octanol–water partition coefficient (Wildman–Crippen LogP) is 2.38. The number of hydrogen-bond donors (Lipinski definition) is 0. The molecule has 1 atom stereocenters. The molecule has 0 N–H and O–H groups in total. The molecule has 12 heavy (non-hydrogen) atoms. The maximum Gasteiger partial charge on any atom is 0.138 e. The van der Waals surface area contributed by atoms with Crippen molar-refractivity contribution >= 4 is 7.85 Å². The molecule has 0 aromatic carbocycles. The summed E-state index contributed by atoms with van der Waals surface area (Å²) < 4.78 is 12.5. The van der Waals surface area contributed by atoms with Crippen LogP contribution < -0.4 is 0 Å². The molecule has 0 spiro atoms. The highest BCUT2D eigenvalue weighted by molar-refractivity contribution is 6.23. The van der Waals surface area contributed by atoms with Crippen molar-refractivity contribution in [3.8, 4) is 0 Å². The third-order valence-corrected chi connectivity index (χ3v) is 1.43. The summed E-state index contributed by atoms with van der Waals surface area (Å²) >= 11 is 0. The molecule has 0 aromatic heterocycles. The molecule has 0 rings (SSSR count). The van der Waals surface area contributed by atoms with Gasteiger partial charge in [-0.1, -0.05) is 24.5 Å². The smallest absolute Gasteiger partial charge is 0.138 e. The van der Waals surface area contributed by atoms with E-state index in [1.165, 1.54) is 6.92 Å². The van der Waals surface area contributed by atoms with E-state index in [0.29, 0.717) is 0 Å². The maximum atomic E-state index is 12.5. The number of allylic oxidation sites excluding steroid dienone is 5. The second-order valence-corrected chi connectivity index (χ2v) is 2.95. The van der Waals surface area contributed by atoms with Crippen LogP contribution in [0.15, 0.2) is 35.9 Å². The summed E-state index contributed by atoms with van der Waals surface area (Å²) in [5, 5.41) is 0. The molecule has 66 valence electrons. The van der Waals surface area contributed by atoms with E-state index < -0.39 is 6.17 Å². The van der Waals surface area contributed by atoms with Gasteiger partial charge in [-0.25, -0.2) is 4.39 Å². The van der Waals surface area contributed by atoms with E-state index in [0.717, 1.165) is 17.5 Å². The summed E-state index contributed by atoms with van der Waals surface area (Å²) in [5.41, 5.74) is 2.01. The Morgan fingerprint density at radius 2 is 2.17 bits per heavy atom. The third-order valence-electron chi connectivity index (χ3n) is 1.43. The van der Waals surface area contributed by atoms with E-state index in [4.69, 9.17) is 0 Å². The maximum absolute atomic E-state index is 12.5. The predicted molar refractivity (Wildman–Crippen MR) is 55.8 cm³/mol. The van der Waals surface area contributed by atoms with Crippen LogP contribution in [0.2, 0.25) is 0 Å². The van der Waals surface area contributed by atoms with Gasteiger partial charge in [0.25, 0.3) is 0 Å². The zero-order chi connectivity index (χ0) is 9.56. The molecule has 0 radical (unpaired) electrons. The first-order valence-electron chi connectivity index (χ1n) is 4.24. The van der Waals surface area contributed by atoms with Gasteiger partial charge < -0.3 is 0 Å². The number of rotatable bonds is 4. The molecule has 0 aromatic rings. The topological polar surface area (TPSA) is 0 Å². The van der Waals surface area contributed by atoms with Gasteiger partial charge in [-0.05, 0) is 25.0 Å².